The average molecular weight is 500 g/mol. The zero-order chi connectivity index (χ0) is 25.6. The first-order chi connectivity index (χ1) is 17.9. The Kier molecular flexibility index (Phi) is 5.44. The van der Waals surface area contributed by atoms with Crippen LogP contribution in [0.2, 0.25) is 0 Å². The average Bonchev–Trinajstić information content (AvgIpc) is 3.55. The number of aromatic nitrogens is 5. The van der Waals surface area contributed by atoms with Crippen LogP contribution in [0.3, 0.4) is 0 Å². The third kappa shape index (κ3) is 4.31. The van der Waals surface area contributed by atoms with E-state index in [1.54, 1.807) is 24.5 Å². The number of halogens is 2. The molecule has 0 radical (unpaired) electrons. The summed E-state index contributed by atoms with van der Waals surface area (Å²) < 4.78 is 28.5. The summed E-state index contributed by atoms with van der Waals surface area (Å²) in [7, 11) is 0. The summed E-state index contributed by atoms with van der Waals surface area (Å²) in [4.78, 5) is 23.2. The standard InChI is InChI=1S/C27H23F2N7O/c1-2-36-22-12-19(4-3-18(22)11-23(36)26(37)35-15-27(28,29)16-35)25-30-10-9-24(34-25)33-21-7-5-17(6-8-21)20-13-31-32-14-20/h3-14H,2,15-16H2,1H3,(H,31,32)(H,30,33,34). The van der Waals surface area contributed by atoms with Crippen molar-refractivity contribution in [2.24, 2.45) is 0 Å². The van der Waals surface area contributed by atoms with E-state index >= 15 is 0 Å². The highest BCUT2D eigenvalue weighted by Gasteiger charge is 2.46. The van der Waals surface area contributed by atoms with Crippen molar-refractivity contribution in [1.82, 2.24) is 29.6 Å². The van der Waals surface area contributed by atoms with Gasteiger partial charge in [-0.25, -0.2) is 18.7 Å². The molecule has 37 heavy (non-hydrogen) atoms. The fraction of sp³-hybridized carbons (Fsp3) is 0.185. The Labute approximate surface area is 211 Å². The molecule has 2 N–H and O–H groups in total. The maximum Gasteiger partial charge on any atom is 0.282 e. The zero-order valence-electron chi connectivity index (χ0n) is 19.9. The molecule has 0 spiro atoms. The smallest absolute Gasteiger partial charge is 0.282 e. The van der Waals surface area contributed by atoms with Gasteiger partial charge in [0.15, 0.2) is 5.82 Å². The van der Waals surface area contributed by atoms with Gasteiger partial charge >= 0.3 is 0 Å². The highest BCUT2D eigenvalue weighted by Crippen LogP contribution is 2.31. The van der Waals surface area contributed by atoms with E-state index in [0.29, 0.717) is 23.9 Å². The topological polar surface area (TPSA) is 91.7 Å². The predicted molar refractivity (Wildman–Crippen MR) is 137 cm³/mol. The number of likely N-dealkylation sites (tertiary alicyclic amines) is 1. The minimum Gasteiger partial charge on any atom is -0.340 e. The van der Waals surface area contributed by atoms with Crippen LogP contribution in [0.5, 0.6) is 0 Å². The molecule has 186 valence electrons. The molecule has 1 aliphatic rings. The van der Waals surface area contributed by atoms with Crippen LogP contribution in [-0.4, -0.2) is 54.6 Å². The van der Waals surface area contributed by atoms with Gasteiger partial charge < -0.3 is 14.8 Å². The van der Waals surface area contributed by atoms with Crippen LogP contribution in [0.25, 0.3) is 33.4 Å². The van der Waals surface area contributed by atoms with Gasteiger partial charge in [0.1, 0.15) is 11.5 Å². The number of carbonyl (C=O) groups excluding carboxylic acids is 1. The van der Waals surface area contributed by atoms with Gasteiger partial charge in [0, 0.05) is 46.7 Å². The van der Waals surface area contributed by atoms with Crippen molar-refractivity contribution >= 4 is 28.3 Å². The van der Waals surface area contributed by atoms with Crippen LogP contribution in [0.1, 0.15) is 17.4 Å². The number of benzene rings is 2. The minimum atomic E-state index is -2.80. The number of amides is 1. The number of rotatable bonds is 6. The van der Waals surface area contributed by atoms with Gasteiger partial charge in [-0.2, -0.15) is 5.10 Å². The van der Waals surface area contributed by atoms with Crippen molar-refractivity contribution in [3.8, 4) is 22.5 Å². The Morgan fingerprint density at radius 3 is 2.54 bits per heavy atom. The number of carbonyl (C=O) groups is 1. The molecule has 0 aliphatic carbocycles. The molecule has 8 nitrogen and oxygen atoms in total. The van der Waals surface area contributed by atoms with E-state index in [1.165, 1.54) is 4.90 Å². The van der Waals surface area contributed by atoms with E-state index in [1.807, 2.05) is 60.2 Å². The number of hydrogen-bond donors (Lipinski definition) is 2. The number of nitrogens with one attached hydrogen (secondary N) is 2. The molecule has 0 atom stereocenters. The van der Waals surface area contributed by atoms with E-state index in [2.05, 4.69) is 25.5 Å². The summed E-state index contributed by atoms with van der Waals surface area (Å²) in [5.41, 5.74) is 4.96. The third-order valence-corrected chi connectivity index (χ3v) is 6.47. The fourth-order valence-corrected chi connectivity index (χ4v) is 4.60. The van der Waals surface area contributed by atoms with E-state index in [-0.39, 0.29) is 5.91 Å². The second kappa shape index (κ2) is 8.81. The number of alkyl halides is 2. The molecule has 1 saturated heterocycles. The van der Waals surface area contributed by atoms with E-state index in [0.717, 1.165) is 33.3 Å². The van der Waals surface area contributed by atoms with Crippen LogP contribution in [0, 0.1) is 0 Å². The number of hydrogen-bond acceptors (Lipinski definition) is 5. The molecule has 5 aromatic rings. The van der Waals surface area contributed by atoms with Crippen LogP contribution >= 0.6 is 0 Å². The second-order valence-electron chi connectivity index (χ2n) is 9.02. The first kappa shape index (κ1) is 22.8. The number of fused-ring (bicyclic) bond motifs is 1. The van der Waals surface area contributed by atoms with Gasteiger partial charge in [0.2, 0.25) is 0 Å². The quantitative estimate of drug-likeness (QED) is 0.329. The van der Waals surface area contributed by atoms with Crippen molar-refractivity contribution in [2.45, 2.75) is 19.4 Å². The summed E-state index contributed by atoms with van der Waals surface area (Å²) in [5.74, 6) is -2.01. The van der Waals surface area contributed by atoms with E-state index in [4.69, 9.17) is 0 Å². The summed E-state index contributed by atoms with van der Waals surface area (Å²) >= 11 is 0. The van der Waals surface area contributed by atoms with Crippen LogP contribution < -0.4 is 5.32 Å². The number of nitrogens with zero attached hydrogens (tertiary/aromatic N) is 5. The lowest BCUT2D eigenvalue weighted by atomic mass is 10.1. The molecule has 4 heterocycles. The van der Waals surface area contributed by atoms with Gasteiger partial charge in [-0.1, -0.05) is 24.3 Å². The normalized spacial score (nSPS) is 14.5. The largest absolute Gasteiger partial charge is 0.340 e. The second-order valence-corrected chi connectivity index (χ2v) is 9.02. The lowest BCUT2D eigenvalue weighted by Crippen LogP contribution is -2.58. The zero-order valence-corrected chi connectivity index (χ0v) is 19.9. The molecule has 3 aromatic heterocycles. The molecule has 6 rings (SSSR count). The summed E-state index contributed by atoms with van der Waals surface area (Å²) in [6.45, 7) is 1.37. The molecule has 10 heteroatoms. The van der Waals surface area contributed by atoms with E-state index in [9.17, 15) is 13.6 Å². The highest BCUT2D eigenvalue weighted by atomic mass is 19.3. The molecule has 0 unspecified atom stereocenters. The highest BCUT2D eigenvalue weighted by molar-refractivity contribution is 6.00. The van der Waals surface area contributed by atoms with Gasteiger partial charge in [0.05, 0.1) is 19.3 Å². The molecule has 1 aliphatic heterocycles. The molecule has 0 bridgehead atoms. The lowest BCUT2D eigenvalue weighted by molar-refractivity contribution is -0.113. The van der Waals surface area contributed by atoms with Crippen molar-refractivity contribution in [3.63, 3.8) is 0 Å². The van der Waals surface area contributed by atoms with Crippen molar-refractivity contribution in [3.05, 3.63) is 78.9 Å². The van der Waals surface area contributed by atoms with E-state index < -0.39 is 19.0 Å². The van der Waals surface area contributed by atoms with Crippen LogP contribution in [-0.2, 0) is 6.54 Å². The molecular formula is C27H23F2N7O. The maximum atomic E-state index is 13.3. The maximum absolute atomic E-state index is 13.3. The fourth-order valence-electron chi connectivity index (χ4n) is 4.60. The Morgan fingerprint density at radius 2 is 1.84 bits per heavy atom. The Bertz CT molecular complexity index is 1590. The number of H-pyrrole nitrogens is 1. The number of anilines is 2. The number of aromatic amines is 1. The van der Waals surface area contributed by atoms with Crippen molar-refractivity contribution in [2.75, 3.05) is 18.4 Å². The molecule has 1 amide bonds. The van der Waals surface area contributed by atoms with Gasteiger partial charge in [-0.3, -0.25) is 9.89 Å². The lowest BCUT2D eigenvalue weighted by Gasteiger charge is -2.38. The molecule has 0 saturated carbocycles. The van der Waals surface area contributed by atoms with Gasteiger partial charge in [-0.15, -0.1) is 0 Å². The first-order valence-electron chi connectivity index (χ1n) is 11.9. The first-order valence-corrected chi connectivity index (χ1v) is 11.9. The minimum absolute atomic E-state index is 0.383. The number of aryl methyl sites for hydroxylation is 1. The summed E-state index contributed by atoms with van der Waals surface area (Å²) in [6.07, 6.45) is 5.30. The third-order valence-electron chi connectivity index (χ3n) is 6.47. The SMILES string of the molecule is CCn1c(C(=O)N2CC(F)(F)C2)cc2ccc(-c3nccc(Nc4ccc(-c5cn[nH]c5)cc4)n3)cc21. The Balaban J connectivity index is 1.26. The van der Waals surface area contributed by atoms with Gasteiger partial charge in [0.25, 0.3) is 11.8 Å². The molecule has 2 aromatic carbocycles. The Hall–Kier alpha value is -4.60. The van der Waals surface area contributed by atoms with Gasteiger partial charge in [-0.05, 0) is 42.8 Å². The summed E-state index contributed by atoms with van der Waals surface area (Å²) in [6, 6.07) is 17.2. The molecular weight excluding hydrogens is 476 g/mol. The molecule has 1 fully saturated rings. The monoisotopic (exact) mass is 499 g/mol. The predicted octanol–water partition coefficient (Wildman–Crippen LogP) is 5.34. The van der Waals surface area contributed by atoms with Crippen molar-refractivity contribution < 1.29 is 13.6 Å². The van der Waals surface area contributed by atoms with Crippen LogP contribution in [0.15, 0.2) is 73.2 Å². The van der Waals surface area contributed by atoms with Crippen molar-refractivity contribution in [1.29, 1.82) is 0 Å². The summed E-state index contributed by atoms with van der Waals surface area (Å²) in [5, 5.41) is 11.0. The van der Waals surface area contributed by atoms with Crippen LogP contribution in [0.4, 0.5) is 20.3 Å². The Morgan fingerprint density at radius 1 is 1.05 bits per heavy atom.